The number of fused-ring (bicyclic) bond motifs is 1. The number of hydrogen-bond acceptors (Lipinski definition) is 5. The molecule has 2 unspecified atom stereocenters. The van der Waals surface area contributed by atoms with E-state index < -0.39 is 0 Å². The summed E-state index contributed by atoms with van der Waals surface area (Å²) < 4.78 is 5.73. The summed E-state index contributed by atoms with van der Waals surface area (Å²) in [4.78, 5) is 26.9. The third-order valence-corrected chi connectivity index (χ3v) is 5.82. The fourth-order valence-corrected chi connectivity index (χ4v) is 3.93. The van der Waals surface area contributed by atoms with Gasteiger partial charge in [-0.25, -0.2) is 5.43 Å². The highest BCUT2D eigenvalue weighted by Gasteiger charge is 2.40. The van der Waals surface area contributed by atoms with Crippen molar-refractivity contribution in [2.24, 2.45) is 0 Å². The number of hydrazine groups is 1. The minimum absolute atomic E-state index is 0.0149. The van der Waals surface area contributed by atoms with Crippen molar-refractivity contribution in [3.05, 3.63) is 71.5 Å². The first kappa shape index (κ1) is 22.2. The van der Waals surface area contributed by atoms with Crippen LogP contribution in [0, 0.1) is 0 Å². The van der Waals surface area contributed by atoms with Crippen molar-refractivity contribution in [3.8, 4) is 5.75 Å². The molecule has 7 nitrogen and oxygen atoms in total. The maximum atomic E-state index is 13.0. The molecule has 1 saturated heterocycles. The summed E-state index contributed by atoms with van der Waals surface area (Å²) in [6.07, 6.45) is 6.20. The summed E-state index contributed by atoms with van der Waals surface area (Å²) in [7, 11) is 0. The van der Waals surface area contributed by atoms with E-state index in [1.54, 1.807) is 30.5 Å². The Balaban J connectivity index is 1.33. The number of anilines is 1. The number of carbonyl (C=O) groups excluding carboxylic acids is 2. The Morgan fingerprint density at radius 3 is 2.62 bits per heavy atom. The largest absolute Gasteiger partial charge is 0.494 e. The van der Waals surface area contributed by atoms with Crippen LogP contribution in [0.4, 0.5) is 5.69 Å². The van der Waals surface area contributed by atoms with E-state index in [0.29, 0.717) is 23.7 Å². The minimum atomic E-state index is -0.353. The van der Waals surface area contributed by atoms with Gasteiger partial charge in [0.05, 0.1) is 12.6 Å². The number of nitrogens with one attached hydrogen (secondary N) is 2. The van der Waals surface area contributed by atoms with Crippen molar-refractivity contribution >= 4 is 29.1 Å². The molecule has 2 N–H and O–H groups in total. The zero-order valence-electron chi connectivity index (χ0n) is 18.0. The summed E-state index contributed by atoms with van der Waals surface area (Å²) in [5, 5.41) is 5.21. The summed E-state index contributed by atoms with van der Waals surface area (Å²) in [6, 6.07) is 14.5. The summed E-state index contributed by atoms with van der Waals surface area (Å²) in [6.45, 7) is 2.81. The number of carbonyl (C=O) groups is 2. The highest BCUT2D eigenvalue weighted by molar-refractivity contribution is 6.30. The maximum Gasteiger partial charge on any atom is 0.251 e. The van der Waals surface area contributed by atoms with Crippen LogP contribution in [0.1, 0.15) is 37.8 Å². The van der Waals surface area contributed by atoms with Gasteiger partial charge in [0.15, 0.2) is 0 Å². The molecule has 2 atom stereocenters. The lowest BCUT2D eigenvalue weighted by molar-refractivity contribution is -0.137. The molecular formula is C24H27ClN4O3. The summed E-state index contributed by atoms with van der Waals surface area (Å²) in [5.41, 5.74) is 5.11. The maximum absolute atomic E-state index is 13.0. The SMILES string of the molecule is CCCCOc1ccc(C2CC3C(=O)N(CC(=O)Nc4ccc(Cl)cc4)C=CN3N2)cc1. The van der Waals surface area contributed by atoms with Crippen LogP contribution in [-0.2, 0) is 9.59 Å². The molecule has 32 heavy (non-hydrogen) atoms. The number of ether oxygens (including phenoxy) is 1. The van der Waals surface area contributed by atoms with E-state index >= 15 is 0 Å². The van der Waals surface area contributed by atoms with Gasteiger partial charge in [0.1, 0.15) is 18.3 Å². The second-order valence-corrected chi connectivity index (χ2v) is 8.37. The lowest BCUT2D eigenvalue weighted by Gasteiger charge is -2.31. The molecule has 8 heteroatoms. The number of halogens is 1. The topological polar surface area (TPSA) is 73.9 Å². The smallest absolute Gasteiger partial charge is 0.251 e. The van der Waals surface area contributed by atoms with Gasteiger partial charge in [0, 0.05) is 23.1 Å². The Hall–Kier alpha value is -3.03. The molecule has 2 aliphatic heterocycles. The van der Waals surface area contributed by atoms with Gasteiger partial charge >= 0.3 is 0 Å². The third-order valence-electron chi connectivity index (χ3n) is 5.57. The zero-order chi connectivity index (χ0) is 22.5. The Morgan fingerprint density at radius 2 is 1.91 bits per heavy atom. The highest BCUT2D eigenvalue weighted by atomic mass is 35.5. The Kier molecular flexibility index (Phi) is 6.97. The summed E-state index contributed by atoms with van der Waals surface area (Å²) in [5.74, 6) is 0.486. The Bertz CT molecular complexity index is 978. The minimum Gasteiger partial charge on any atom is -0.494 e. The molecule has 4 rings (SSSR count). The van der Waals surface area contributed by atoms with E-state index in [1.807, 2.05) is 35.5 Å². The summed E-state index contributed by atoms with van der Waals surface area (Å²) >= 11 is 5.87. The van der Waals surface area contributed by atoms with Crippen LogP contribution in [0.15, 0.2) is 60.9 Å². The normalized spacial score (nSPS) is 19.8. The average Bonchev–Trinajstić information content (AvgIpc) is 3.23. The van der Waals surface area contributed by atoms with E-state index in [1.165, 1.54) is 4.90 Å². The molecule has 0 spiro atoms. The predicted molar refractivity (Wildman–Crippen MR) is 124 cm³/mol. The molecule has 0 bridgehead atoms. The van der Waals surface area contributed by atoms with Crippen molar-refractivity contribution in [3.63, 3.8) is 0 Å². The Morgan fingerprint density at radius 1 is 1.16 bits per heavy atom. The fraction of sp³-hybridized carbons (Fsp3) is 0.333. The van der Waals surface area contributed by atoms with Crippen LogP contribution in [-0.4, -0.2) is 40.9 Å². The molecule has 2 heterocycles. The number of nitrogens with zero attached hydrogens (tertiary/aromatic N) is 2. The molecule has 2 aliphatic rings. The highest BCUT2D eigenvalue weighted by Crippen LogP contribution is 2.31. The molecule has 0 saturated carbocycles. The van der Waals surface area contributed by atoms with Gasteiger partial charge in [-0.15, -0.1) is 0 Å². The van der Waals surface area contributed by atoms with Crippen LogP contribution in [0.5, 0.6) is 5.75 Å². The first-order chi connectivity index (χ1) is 15.5. The van der Waals surface area contributed by atoms with Crippen LogP contribution in [0.2, 0.25) is 5.02 Å². The molecule has 2 amide bonds. The first-order valence-electron chi connectivity index (χ1n) is 10.8. The first-order valence-corrected chi connectivity index (χ1v) is 11.2. The van der Waals surface area contributed by atoms with E-state index in [4.69, 9.17) is 16.3 Å². The zero-order valence-corrected chi connectivity index (χ0v) is 18.7. The number of amides is 2. The average molecular weight is 455 g/mol. The second-order valence-electron chi connectivity index (χ2n) is 7.93. The van der Waals surface area contributed by atoms with Crippen LogP contribution in [0.3, 0.4) is 0 Å². The number of benzene rings is 2. The molecule has 2 aromatic carbocycles. The van der Waals surface area contributed by atoms with Gasteiger partial charge in [0.2, 0.25) is 5.91 Å². The van der Waals surface area contributed by atoms with Gasteiger partial charge in [0.25, 0.3) is 5.91 Å². The van der Waals surface area contributed by atoms with Crippen LogP contribution >= 0.6 is 11.6 Å². The second kappa shape index (κ2) is 10.1. The van der Waals surface area contributed by atoms with Crippen LogP contribution < -0.4 is 15.5 Å². The van der Waals surface area contributed by atoms with Crippen molar-refractivity contribution in [2.75, 3.05) is 18.5 Å². The third kappa shape index (κ3) is 5.23. The number of hydrogen-bond donors (Lipinski definition) is 2. The number of unbranched alkanes of at least 4 members (excludes halogenated alkanes) is 1. The van der Waals surface area contributed by atoms with Crippen molar-refractivity contribution < 1.29 is 14.3 Å². The molecule has 168 valence electrons. The molecule has 2 aromatic rings. The predicted octanol–water partition coefficient (Wildman–Crippen LogP) is 4.09. The van der Waals surface area contributed by atoms with Crippen molar-refractivity contribution in [1.82, 2.24) is 15.3 Å². The molecule has 0 radical (unpaired) electrons. The van der Waals surface area contributed by atoms with Gasteiger partial charge in [-0.05, 0) is 54.8 Å². The lowest BCUT2D eigenvalue weighted by atomic mass is 10.0. The quantitative estimate of drug-likeness (QED) is 0.588. The van der Waals surface area contributed by atoms with Crippen molar-refractivity contribution in [2.45, 2.75) is 38.3 Å². The van der Waals surface area contributed by atoms with Gasteiger partial charge in [-0.3, -0.25) is 9.59 Å². The lowest BCUT2D eigenvalue weighted by Crippen LogP contribution is -2.49. The van der Waals surface area contributed by atoms with Crippen LogP contribution in [0.25, 0.3) is 0 Å². The van der Waals surface area contributed by atoms with E-state index in [2.05, 4.69) is 17.7 Å². The van der Waals surface area contributed by atoms with E-state index in [0.717, 1.165) is 24.2 Å². The van der Waals surface area contributed by atoms with Gasteiger partial charge in [-0.1, -0.05) is 37.1 Å². The molecular weight excluding hydrogens is 428 g/mol. The van der Waals surface area contributed by atoms with E-state index in [-0.39, 0.29) is 30.4 Å². The van der Waals surface area contributed by atoms with Crippen molar-refractivity contribution in [1.29, 1.82) is 0 Å². The fourth-order valence-electron chi connectivity index (χ4n) is 3.80. The van der Waals surface area contributed by atoms with Gasteiger partial charge in [-0.2, -0.15) is 0 Å². The standard InChI is InChI=1S/C24H27ClN4O3/c1-2-3-14-32-20-10-4-17(5-11-20)21-15-22-24(31)28(12-13-29(22)27-21)16-23(30)26-19-8-6-18(25)7-9-19/h4-13,21-22,27H,2-3,14-16H2,1H3,(H,26,30). The Labute approximate surface area is 192 Å². The molecule has 1 fully saturated rings. The molecule has 0 aromatic heterocycles. The van der Waals surface area contributed by atoms with Gasteiger partial charge < -0.3 is 20.0 Å². The monoisotopic (exact) mass is 454 g/mol. The van der Waals surface area contributed by atoms with E-state index in [9.17, 15) is 9.59 Å². The number of rotatable bonds is 8. The molecule has 0 aliphatic carbocycles.